The average Bonchev–Trinajstić information content (AvgIpc) is 2.31. The number of likely N-dealkylation sites (tertiary alicyclic amines) is 1. The van der Waals surface area contributed by atoms with E-state index >= 15 is 0 Å². The molecule has 0 N–H and O–H groups in total. The molecule has 0 aliphatic carbocycles. The van der Waals surface area contributed by atoms with E-state index in [0.717, 1.165) is 0 Å². The maximum Gasteiger partial charge on any atom is 0.319 e. The molecule has 0 amide bonds. The monoisotopic (exact) mass is 247 g/mol. The number of halogens is 5. The highest BCUT2D eigenvalue weighted by atomic mass is 35.5. The van der Waals surface area contributed by atoms with Gasteiger partial charge >= 0.3 is 12.3 Å². The molecule has 1 aliphatic heterocycles. The van der Waals surface area contributed by atoms with Crippen LogP contribution in [-0.2, 0) is 0 Å². The lowest BCUT2D eigenvalue weighted by atomic mass is 10.0. The highest BCUT2D eigenvalue weighted by Gasteiger charge is 2.48. The van der Waals surface area contributed by atoms with Gasteiger partial charge in [0.1, 0.15) is 0 Å². The fraction of sp³-hybridized carbons (Fsp3) is 1.00. The lowest BCUT2D eigenvalue weighted by Crippen LogP contribution is -2.50. The van der Waals surface area contributed by atoms with E-state index < -0.39 is 24.4 Å². The Morgan fingerprint density at radius 1 is 1.47 bits per heavy atom. The first-order valence-electron chi connectivity index (χ1n) is 4.73. The molecule has 0 bridgehead atoms. The molecule has 1 saturated heterocycles. The quantitative estimate of drug-likeness (QED) is 0.547. The standard InChI is InChI=1S/C9H14ClF4N/c1-8(2)6(10)3-4-15(8)5-9(13,14)7(11)12/h6-7H,3-5H2,1-2H3. The zero-order valence-electron chi connectivity index (χ0n) is 8.61. The van der Waals surface area contributed by atoms with E-state index in [-0.39, 0.29) is 5.38 Å². The molecule has 1 rings (SSSR count). The van der Waals surface area contributed by atoms with Crippen LogP contribution in [0.4, 0.5) is 17.6 Å². The predicted molar refractivity (Wildman–Crippen MR) is 50.9 cm³/mol. The van der Waals surface area contributed by atoms with Crippen molar-refractivity contribution in [3.63, 3.8) is 0 Å². The Hall–Kier alpha value is -0.0300. The molecule has 1 heterocycles. The summed E-state index contributed by atoms with van der Waals surface area (Å²) in [7, 11) is 0. The Balaban J connectivity index is 2.68. The Labute approximate surface area is 91.4 Å². The van der Waals surface area contributed by atoms with Crippen molar-refractivity contribution in [2.24, 2.45) is 0 Å². The fourth-order valence-corrected chi connectivity index (χ4v) is 1.95. The van der Waals surface area contributed by atoms with Crippen LogP contribution in [0.3, 0.4) is 0 Å². The highest BCUT2D eigenvalue weighted by molar-refractivity contribution is 6.21. The molecule has 0 saturated carbocycles. The summed E-state index contributed by atoms with van der Waals surface area (Å²) in [4.78, 5) is 1.33. The normalized spacial score (nSPS) is 27.6. The second-order valence-electron chi connectivity index (χ2n) is 4.39. The van der Waals surface area contributed by atoms with E-state index in [0.29, 0.717) is 13.0 Å². The first-order chi connectivity index (χ1) is 6.68. The van der Waals surface area contributed by atoms with Gasteiger partial charge in [-0.05, 0) is 20.3 Å². The minimum atomic E-state index is -3.96. The molecule has 15 heavy (non-hydrogen) atoms. The van der Waals surface area contributed by atoms with Crippen molar-refractivity contribution < 1.29 is 17.6 Å². The number of hydrogen-bond donors (Lipinski definition) is 0. The van der Waals surface area contributed by atoms with Crippen molar-refractivity contribution in [1.29, 1.82) is 0 Å². The van der Waals surface area contributed by atoms with Crippen LogP contribution in [0.5, 0.6) is 0 Å². The van der Waals surface area contributed by atoms with E-state index in [1.54, 1.807) is 13.8 Å². The third-order valence-corrected chi connectivity index (χ3v) is 3.71. The van der Waals surface area contributed by atoms with Gasteiger partial charge in [-0.3, -0.25) is 4.90 Å². The summed E-state index contributed by atoms with van der Waals surface area (Å²) in [5.41, 5.74) is -0.653. The number of rotatable bonds is 3. The Kier molecular flexibility index (Phi) is 3.55. The summed E-state index contributed by atoms with van der Waals surface area (Å²) in [6.07, 6.45) is -3.07. The zero-order chi connectivity index (χ0) is 11.9. The van der Waals surface area contributed by atoms with Gasteiger partial charge in [-0.1, -0.05) is 0 Å². The molecule has 90 valence electrons. The second-order valence-corrected chi connectivity index (χ2v) is 4.92. The first-order valence-corrected chi connectivity index (χ1v) is 5.16. The van der Waals surface area contributed by atoms with Gasteiger partial charge in [0.15, 0.2) is 0 Å². The van der Waals surface area contributed by atoms with Crippen LogP contribution < -0.4 is 0 Å². The van der Waals surface area contributed by atoms with Crippen LogP contribution in [0.15, 0.2) is 0 Å². The van der Waals surface area contributed by atoms with Crippen LogP contribution in [0.2, 0.25) is 0 Å². The second kappa shape index (κ2) is 4.09. The highest BCUT2D eigenvalue weighted by Crippen LogP contribution is 2.36. The van der Waals surface area contributed by atoms with Gasteiger partial charge < -0.3 is 0 Å². The summed E-state index contributed by atoms with van der Waals surface area (Å²) < 4.78 is 49.7. The topological polar surface area (TPSA) is 3.24 Å². The summed E-state index contributed by atoms with van der Waals surface area (Å²) in [6.45, 7) is 2.79. The molecule has 1 atom stereocenters. The summed E-state index contributed by atoms with van der Waals surface area (Å²) in [5.74, 6) is -3.96. The number of hydrogen-bond acceptors (Lipinski definition) is 1. The first kappa shape index (κ1) is 13.0. The molecule has 0 radical (unpaired) electrons. The molecule has 0 aromatic heterocycles. The van der Waals surface area contributed by atoms with Crippen molar-refractivity contribution in [2.75, 3.05) is 13.1 Å². The van der Waals surface area contributed by atoms with Crippen LogP contribution in [0.25, 0.3) is 0 Å². The van der Waals surface area contributed by atoms with Gasteiger partial charge in [-0.15, -0.1) is 11.6 Å². The fourth-order valence-electron chi connectivity index (χ4n) is 1.71. The summed E-state index contributed by atoms with van der Waals surface area (Å²) >= 11 is 5.93. The molecule has 1 unspecified atom stereocenters. The molecule has 1 fully saturated rings. The van der Waals surface area contributed by atoms with E-state index in [2.05, 4.69) is 0 Å². The van der Waals surface area contributed by atoms with Gasteiger partial charge in [0.2, 0.25) is 0 Å². The third kappa shape index (κ3) is 2.56. The minimum Gasteiger partial charge on any atom is -0.291 e. The van der Waals surface area contributed by atoms with E-state index in [9.17, 15) is 17.6 Å². The Morgan fingerprint density at radius 3 is 2.33 bits per heavy atom. The lowest BCUT2D eigenvalue weighted by Gasteiger charge is -2.35. The smallest absolute Gasteiger partial charge is 0.291 e. The van der Waals surface area contributed by atoms with Gasteiger partial charge in [-0.2, -0.15) is 8.78 Å². The number of alkyl halides is 5. The SMILES string of the molecule is CC1(C)C(Cl)CCN1CC(F)(F)C(F)F. The van der Waals surface area contributed by atoms with E-state index in [4.69, 9.17) is 11.6 Å². The van der Waals surface area contributed by atoms with Crippen molar-refractivity contribution in [3.05, 3.63) is 0 Å². The minimum absolute atomic E-state index is 0.272. The molecular formula is C9H14ClF4N. The lowest BCUT2D eigenvalue weighted by molar-refractivity contribution is -0.147. The van der Waals surface area contributed by atoms with Gasteiger partial charge in [0.25, 0.3) is 0 Å². The Morgan fingerprint density at radius 2 is 2.00 bits per heavy atom. The molecule has 0 aromatic rings. The maximum absolute atomic E-state index is 12.8. The van der Waals surface area contributed by atoms with Gasteiger partial charge in [-0.25, -0.2) is 8.78 Å². The van der Waals surface area contributed by atoms with Crippen molar-refractivity contribution in [2.45, 2.75) is 43.5 Å². The van der Waals surface area contributed by atoms with Gasteiger partial charge in [0, 0.05) is 12.1 Å². The van der Waals surface area contributed by atoms with E-state index in [1.807, 2.05) is 0 Å². The van der Waals surface area contributed by atoms with Crippen molar-refractivity contribution >= 4 is 11.6 Å². The largest absolute Gasteiger partial charge is 0.319 e. The Bertz CT molecular complexity index is 232. The summed E-state index contributed by atoms with van der Waals surface area (Å²) in [6, 6.07) is 0. The van der Waals surface area contributed by atoms with Crippen molar-refractivity contribution in [3.8, 4) is 0 Å². The van der Waals surface area contributed by atoms with Crippen LogP contribution >= 0.6 is 11.6 Å². The summed E-state index contributed by atoms with van der Waals surface area (Å²) in [5, 5.41) is -0.272. The van der Waals surface area contributed by atoms with Crippen LogP contribution in [-0.4, -0.2) is 41.3 Å². The third-order valence-electron chi connectivity index (χ3n) is 2.95. The molecular weight excluding hydrogens is 234 g/mol. The van der Waals surface area contributed by atoms with Gasteiger partial charge in [0.05, 0.1) is 11.9 Å². The molecule has 0 spiro atoms. The van der Waals surface area contributed by atoms with Crippen molar-refractivity contribution in [1.82, 2.24) is 4.90 Å². The van der Waals surface area contributed by atoms with Crippen LogP contribution in [0.1, 0.15) is 20.3 Å². The molecule has 1 nitrogen and oxygen atoms in total. The zero-order valence-corrected chi connectivity index (χ0v) is 9.37. The average molecular weight is 248 g/mol. The van der Waals surface area contributed by atoms with Crippen LogP contribution in [0, 0.1) is 0 Å². The molecule has 6 heteroatoms. The predicted octanol–water partition coefficient (Wildman–Crippen LogP) is 2.98. The molecule has 0 aromatic carbocycles. The molecule has 1 aliphatic rings. The maximum atomic E-state index is 12.8. The van der Waals surface area contributed by atoms with E-state index in [1.165, 1.54) is 4.90 Å². The number of nitrogens with zero attached hydrogens (tertiary/aromatic N) is 1.